The molecule has 0 aliphatic carbocycles. The SMILES string of the molecule is CCOC(=O)c1c(CN2CCN(CCC(C#N)(c3ccccc3)c3ccccc3)CC2)n(C)c2cc(Br)c(OC)cc12. The Morgan fingerprint density at radius 3 is 2.12 bits per heavy atom. The van der Waals surface area contributed by atoms with Crippen LogP contribution < -0.4 is 4.74 Å². The number of esters is 1. The number of nitrogens with zero attached hydrogens (tertiary/aromatic N) is 4. The highest BCUT2D eigenvalue weighted by molar-refractivity contribution is 9.10. The number of methoxy groups -OCH3 is 1. The first-order chi connectivity index (χ1) is 20.4. The summed E-state index contributed by atoms with van der Waals surface area (Å²) in [6.45, 7) is 7.13. The molecule has 3 aromatic carbocycles. The monoisotopic (exact) mass is 628 g/mol. The molecule has 7 nitrogen and oxygen atoms in total. The summed E-state index contributed by atoms with van der Waals surface area (Å²) in [6.07, 6.45) is 0.713. The molecule has 42 heavy (non-hydrogen) atoms. The summed E-state index contributed by atoms with van der Waals surface area (Å²) in [5, 5.41) is 11.4. The van der Waals surface area contributed by atoms with Crippen LogP contribution in [0.25, 0.3) is 10.9 Å². The fourth-order valence-corrected chi connectivity index (χ4v) is 6.55. The smallest absolute Gasteiger partial charge is 0.340 e. The minimum absolute atomic E-state index is 0.309. The number of fused-ring (bicyclic) bond motifs is 1. The molecule has 2 heterocycles. The summed E-state index contributed by atoms with van der Waals surface area (Å²) in [4.78, 5) is 18.0. The molecular weight excluding hydrogens is 592 g/mol. The van der Waals surface area contributed by atoms with Crippen LogP contribution in [0.15, 0.2) is 77.3 Å². The van der Waals surface area contributed by atoms with Crippen LogP contribution in [-0.2, 0) is 23.7 Å². The van der Waals surface area contributed by atoms with Gasteiger partial charge in [-0.3, -0.25) is 4.90 Å². The van der Waals surface area contributed by atoms with Crippen molar-refractivity contribution in [1.82, 2.24) is 14.4 Å². The molecule has 4 aromatic rings. The fraction of sp³-hybridized carbons (Fsp3) is 0.353. The molecule has 1 saturated heterocycles. The zero-order valence-electron chi connectivity index (χ0n) is 24.5. The number of nitriles is 1. The average molecular weight is 630 g/mol. The van der Waals surface area contributed by atoms with Gasteiger partial charge in [-0.25, -0.2) is 4.79 Å². The number of hydrogen-bond donors (Lipinski definition) is 0. The number of halogens is 1. The van der Waals surface area contributed by atoms with Gasteiger partial charge in [0, 0.05) is 57.4 Å². The van der Waals surface area contributed by atoms with E-state index >= 15 is 0 Å². The van der Waals surface area contributed by atoms with E-state index in [1.54, 1.807) is 7.11 Å². The lowest BCUT2D eigenvalue weighted by atomic mass is 9.73. The second kappa shape index (κ2) is 13.1. The first-order valence-electron chi connectivity index (χ1n) is 14.4. The molecule has 1 aliphatic rings. The summed E-state index contributed by atoms with van der Waals surface area (Å²) in [6, 6.07) is 26.9. The minimum atomic E-state index is -0.702. The maximum atomic E-state index is 13.2. The number of carbonyl (C=O) groups excluding carboxylic acids is 1. The maximum Gasteiger partial charge on any atom is 0.340 e. The topological polar surface area (TPSA) is 70.7 Å². The number of carbonyl (C=O) groups is 1. The summed E-state index contributed by atoms with van der Waals surface area (Å²) < 4.78 is 14.0. The first kappa shape index (κ1) is 29.8. The molecule has 0 atom stereocenters. The van der Waals surface area contributed by atoms with Gasteiger partial charge < -0.3 is 18.9 Å². The van der Waals surface area contributed by atoms with E-state index in [1.165, 1.54) is 0 Å². The maximum absolute atomic E-state index is 13.2. The number of rotatable bonds is 10. The first-order valence-corrected chi connectivity index (χ1v) is 15.2. The third-order valence-corrected chi connectivity index (χ3v) is 9.06. The van der Waals surface area contributed by atoms with E-state index in [0.29, 0.717) is 30.9 Å². The molecule has 0 bridgehead atoms. The van der Waals surface area contributed by atoms with Crippen molar-refractivity contribution in [3.63, 3.8) is 0 Å². The van der Waals surface area contributed by atoms with E-state index in [0.717, 1.165) is 64.9 Å². The van der Waals surface area contributed by atoms with Crippen LogP contribution in [0.5, 0.6) is 5.75 Å². The van der Waals surface area contributed by atoms with Gasteiger partial charge in [0.05, 0.1) is 35.3 Å². The van der Waals surface area contributed by atoms with Crippen molar-refractivity contribution in [2.45, 2.75) is 25.3 Å². The summed E-state index contributed by atoms with van der Waals surface area (Å²) in [5.74, 6) is 0.369. The molecule has 0 N–H and O–H groups in total. The zero-order valence-corrected chi connectivity index (χ0v) is 26.1. The fourth-order valence-electron chi connectivity index (χ4n) is 6.06. The normalized spacial score (nSPS) is 14.5. The Balaban J connectivity index is 1.32. The van der Waals surface area contributed by atoms with E-state index in [4.69, 9.17) is 9.47 Å². The molecule has 1 aliphatic heterocycles. The number of aryl methyl sites for hydroxylation is 1. The van der Waals surface area contributed by atoms with Crippen LogP contribution in [0.2, 0.25) is 0 Å². The predicted octanol–water partition coefficient (Wildman–Crippen LogP) is 6.14. The summed E-state index contributed by atoms with van der Waals surface area (Å²) >= 11 is 3.59. The Morgan fingerprint density at radius 1 is 0.976 bits per heavy atom. The molecule has 0 saturated carbocycles. The van der Waals surface area contributed by atoms with Crippen LogP contribution in [0, 0.1) is 11.3 Å². The summed E-state index contributed by atoms with van der Waals surface area (Å²) in [7, 11) is 3.63. The van der Waals surface area contributed by atoms with Crippen molar-refractivity contribution in [3.8, 4) is 11.8 Å². The largest absolute Gasteiger partial charge is 0.496 e. The van der Waals surface area contributed by atoms with Crippen molar-refractivity contribution in [2.24, 2.45) is 7.05 Å². The number of hydrogen-bond acceptors (Lipinski definition) is 6. The van der Waals surface area contributed by atoms with Gasteiger partial charge in [0.2, 0.25) is 0 Å². The lowest BCUT2D eigenvalue weighted by Crippen LogP contribution is -2.47. The van der Waals surface area contributed by atoms with Gasteiger partial charge >= 0.3 is 5.97 Å². The van der Waals surface area contributed by atoms with Crippen LogP contribution in [0.4, 0.5) is 0 Å². The number of piperazine rings is 1. The number of ether oxygens (including phenoxy) is 2. The zero-order chi connectivity index (χ0) is 29.7. The summed E-state index contributed by atoms with van der Waals surface area (Å²) in [5.41, 5.74) is 3.85. The molecule has 0 radical (unpaired) electrons. The van der Waals surface area contributed by atoms with Crippen LogP contribution in [0.1, 0.15) is 40.5 Å². The Hall–Kier alpha value is -3.64. The Labute approximate surface area is 256 Å². The van der Waals surface area contributed by atoms with E-state index in [9.17, 15) is 10.1 Å². The van der Waals surface area contributed by atoms with E-state index < -0.39 is 5.41 Å². The molecule has 218 valence electrons. The molecule has 0 unspecified atom stereocenters. The molecular formula is C34H37BrN4O3. The third kappa shape index (κ3) is 5.82. The van der Waals surface area contributed by atoms with Gasteiger partial charge in [0.15, 0.2) is 0 Å². The standard InChI is InChI=1S/C34H37BrN4O3/c1-4-42-33(40)32-27-21-31(41-3)28(35)22-29(27)37(2)30(32)23-39-19-17-38(18-20-39)16-15-34(24-36,25-11-7-5-8-12-25)26-13-9-6-10-14-26/h5-14,21-22H,4,15-20,23H2,1-3H3. The lowest BCUT2D eigenvalue weighted by molar-refractivity contribution is 0.0524. The Morgan fingerprint density at radius 2 is 1.57 bits per heavy atom. The average Bonchev–Trinajstić information content (AvgIpc) is 3.29. The highest BCUT2D eigenvalue weighted by Crippen LogP contribution is 2.37. The van der Waals surface area contributed by atoms with Gasteiger partial charge in [-0.05, 0) is 52.5 Å². The van der Waals surface area contributed by atoms with Crippen molar-refractivity contribution >= 4 is 32.8 Å². The quantitative estimate of drug-likeness (QED) is 0.196. The van der Waals surface area contributed by atoms with Crippen LogP contribution in [0.3, 0.4) is 0 Å². The van der Waals surface area contributed by atoms with Crippen molar-refractivity contribution in [2.75, 3.05) is 46.4 Å². The Bertz CT molecular complexity index is 1530. The van der Waals surface area contributed by atoms with Crippen LogP contribution >= 0.6 is 15.9 Å². The second-order valence-corrected chi connectivity index (χ2v) is 11.6. The van der Waals surface area contributed by atoms with Crippen LogP contribution in [-0.4, -0.2) is 66.8 Å². The molecule has 1 aromatic heterocycles. The highest BCUT2D eigenvalue weighted by atomic mass is 79.9. The van der Waals surface area contributed by atoms with Gasteiger partial charge in [0.25, 0.3) is 0 Å². The minimum Gasteiger partial charge on any atom is -0.496 e. The molecule has 1 fully saturated rings. The van der Waals surface area contributed by atoms with Gasteiger partial charge in [-0.15, -0.1) is 0 Å². The Kier molecular flexibility index (Phi) is 9.32. The molecule has 8 heteroatoms. The van der Waals surface area contributed by atoms with Crippen molar-refractivity contribution in [1.29, 1.82) is 5.26 Å². The van der Waals surface area contributed by atoms with Crippen molar-refractivity contribution in [3.05, 3.63) is 99.7 Å². The van der Waals surface area contributed by atoms with Gasteiger partial charge in [-0.1, -0.05) is 60.7 Å². The molecule has 0 spiro atoms. The number of benzene rings is 3. The molecule has 0 amide bonds. The van der Waals surface area contributed by atoms with Crippen molar-refractivity contribution < 1.29 is 14.3 Å². The van der Waals surface area contributed by atoms with Gasteiger partial charge in [0.1, 0.15) is 11.2 Å². The third-order valence-electron chi connectivity index (χ3n) is 8.44. The molecule has 5 rings (SSSR count). The highest BCUT2D eigenvalue weighted by Gasteiger charge is 2.35. The van der Waals surface area contributed by atoms with E-state index in [1.807, 2.05) is 62.5 Å². The second-order valence-electron chi connectivity index (χ2n) is 10.7. The van der Waals surface area contributed by atoms with E-state index in [-0.39, 0.29) is 5.97 Å². The predicted molar refractivity (Wildman–Crippen MR) is 169 cm³/mol. The van der Waals surface area contributed by atoms with Gasteiger partial charge in [-0.2, -0.15) is 5.26 Å². The number of aromatic nitrogens is 1. The lowest BCUT2D eigenvalue weighted by Gasteiger charge is -2.37. The van der Waals surface area contributed by atoms with E-state index in [2.05, 4.69) is 60.6 Å².